The van der Waals surface area contributed by atoms with Crippen LogP contribution in [0.4, 0.5) is 4.79 Å². The first-order valence-electron chi connectivity index (χ1n) is 8.69. The number of carbonyl (C=O) groups excluding carboxylic acids is 1. The summed E-state index contributed by atoms with van der Waals surface area (Å²) in [7, 11) is 1.53. The molecule has 6 nitrogen and oxygen atoms in total. The molecule has 1 aromatic rings. The zero-order valence-corrected chi connectivity index (χ0v) is 17.0. The first-order valence-corrected chi connectivity index (χ1v) is 8.69. The number of nitrogens with zero attached hydrogens (tertiary/aromatic N) is 2. The molecule has 2 unspecified atom stereocenters. The van der Waals surface area contributed by atoms with Crippen LogP contribution in [-0.2, 0) is 9.39 Å². The molecule has 0 aromatic carbocycles. The molecule has 0 saturated carbocycles. The molecule has 0 bridgehead atoms. The van der Waals surface area contributed by atoms with Crippen molar-refractivity contribution in [2.75, 3.05) is 0 Å². The first-order chi connectivity index (χ1) is 11.2. The van der Waals surface area contributed by atoms with E-state index < -0.39 is 22.9 Å². The fraction of sp³-hybridized carbons (Fsp3) is 0.778. The Morgan fingerprint density at radius 2 is 1.76 bits per heavy atom. The third-order valence-electron chi connectivity index (χ3n) is 4.71. The Morgan fingerprint density at radius 1 is 1.20 bits per heavy atom. The first kappa shape index (κ1) is 21.7. The van der Waals surface area contributed by atoms with Crippen molar-refractivity contribution in [3.05, 3.63) is 12.4 Å². The smallest absolute Gasteiger partial charge is 0.435 e. The second-order valence-corrected chi connectivity index (χ2v) is 8.63. The second-order valence-electron chi connectivity index (χ2n) is 8.63. The van der Waals surface area contributed by atoms with Gasteiger partial charge in [-0.05, 0) is 58.8 Å². The molecule has 0 amide bonds. The van der Waals surface area contributed by atoms with Crippen molar-refractivity contribution in [1.82, 2.24) is 9.78 Å². The predicted octanol–water partition coefficient (Wildman–Crippen LogP) is 2.75. The van der Waals surface area contributed by atoms with E-state index in [0.29, 0.717) is 11.4 Å². The van der Waals surface area contributed by atoms with Gasteiger partial charge in [-0.3, -0.25) is 0 Å². The Bertz CT molecular complexity index is 587. The Hall–Kier alpha value is -1.34. The van der Waals surface area contributed by atoms with E-state index in [1.807, 2.05) is 6.92 Å². The summed E-state index contributed by atoms with van der Waals surface area (Å²) in [6.07, 6.45) is 2.51. The molecule has 0 aliphatic heterocycles. The lowest BCUT2D eigenvalue weighted by molar-refractivity contribution is -0.139. The van der Waals surface area contributed by atoms with Crippen molar-refractivity contribution < 1.29 is 19.3 Å². The van der Waals surface area contributed by atoms with E-state index in [4.69, 9.17) is 9.39 Å². The van der Waals surface area contributed by atoms with Crippen LogP contribution in [0.25, 0.3) is 0 Å². The summed E-state index contributed by atoms with van der Waals surface area (Å²) in [5, 5.41) is 14.6. The molecular weight excluding hydrogens is 319 g/mol. The van der Waals surface area contributed by atoms with Gasteiger partial charge in [-0.1, -0.05) is 20.8 Å². The Kier molecular flexibility index (Phi) is 6.51. The summed E-state index contributed by atoms with van der Waals surface area (Å²) < 4.78 is 12.4. The molecule has 0 aliphatic carbocycles. The molecule has 1 radical (unpaired) electrons. The molecule has 0 aliphatic rings. The number of aromatic nitrogens is 2. The number of hydrogen-bond acceptors (Lipinski definition) is 5. The van der Waals surface area contributed by atoms with Crippen molar-refractivity contribution in [2.45, 2.75) is 79.1 Å². The van der Waals surface area contributed by atoms with Gasteiger partial charge in [-0.2, -0.15) is 9.78 Å². The van der Waals surface area contributed by atoms with Crippen LogP contribution in [0.3, 0.4) is 0 Å². The van der Waals surface area contributed by atoms with Crippen molar-refractivity contribution in [1.29, 1.82) is 0 Å². The van der Waals surface area contributed by atoms with E-state index in [1.165, 1.54) is 13.7 Å². The maximum atomic E-state index is 12.0. The summed E-state index contributed by atoms with van der Waals surface area (Å²) in [6.45, 7) is 17.0. The SMILES string of the molecule is CC(C)C(C)C(C)(O[B]c1cnn(C(=O)OC(C)(C)C)c1)C(C)(C)O. The largest absolute Gasteiger partial charge is 0.442 e. The third kappa shape index (κ3) is 5.58. The fourth-order valence-electron chi connectivity index (χ4n) is 2.44. The molecule has 0 fully saturated rings. The van der Waals surface area contributed by atoms with E-state index in [0.717, 1.165) is 4.68 Å². The summed E-state index contributed by atoms with van der Waals surface area (Å²) in [4.78, 5) is 12.0. The molecule has 1 rings (SSSR count). The number of rotatable bonds is 6. The average Bonchev–Trinajstić information content (AvgIpc) is 2.89. The maximum absolute atomic E-state index is 12.0. The van der Waals surface area contributed by atoms with Gasteiger partial charge < -0.3 is 14.5 Å². The van der Waals surface area contributed by atoms with Gasteiger partial charge in [0.15, 0.2) is 0 Å². The molecule has 141 valence electrons. The van der Waals surface area contributed by atoms with Crippen LogP contribution in [0.5, 0.6) is 0 Å². The van der Waals surface area contributed by atoms with E-state index in [9.17, 15) is 9.90 Å². The number of carbonyl (C=O) groups is 1. The fourth-order valence-corrected chi connectivity index (χ4v) is 2.44. The standard InChI is InChI=1S/C18H32BN2O4/c1-12(2)13(3)18(9,17(7,8)23)25-19-14-10-20-21(11-14)15(22)24-16(4,5)6/h10-13,23H,1-9H3. The predicted molar refractivity (Wildman–Crippen MR) is 99.0 cm³/mol. The summed E-state index contributed by atoms with van der Waals surface area (Å²) in [5.41, 5.74) is -1.81. The van der Waals surface area contributed by atoms with Crippen LogP contribution in [0, 0.1) is 11.8 Å². The van der Waals surface area contributed by atoms with E-state index in [2.05, 4.69) is 25.9 Å². The van der Waals surface area contributed by atoms with Crippen LogP contribution < -0.4 is 5.46 Å². The van der Waals surface area contributed by atoms with Gasteiger partial charge in [0.25, 0.3) is 0 Å². The lowest BCUT2D eigenvalue weighted by Gasteiger charge is -2.46. The summed E-state index contributed by atoms with van der Waals surface area (Å²) in [5.74, 6) is 0.430. The summed E-state index contributed by atoms with van der Waals surface area (Å²) in [6, 6.07) is 0. The zero-order chi connectivity index (χ0) is 19.6. The Labute approximate surface area is 152 Å². The minimum Gasteiger partial charge on any atom is -0.442 e. The Morgan fingerprint density at radius 3 is 2.20 bits per heavy atom. The van der Waals surface area contributed by atoms with Gasteiger partial charge in [0.05, 0.1) is 11.2 Å². The molecular formula is C18H32BN2O4. The lowest BCUT2D eigenvalue weighted by Crippen LogP contribution is -2.57. The van der Waals surface area contributed by atoms with Crippen molar-refractivity contribution in [2.24, 2.45) is 11.8 Å². The molecule has 1 heterocycles. The summed E-state index contributed by atoms with van der Waals surface area (Å²) >= 11 is 0. The van der Waals surface area contributed by atoms with E-state index >= 15 is 0 Å². The van der Waals surface area contributed by atoms with Gasteiger partial charge in [-0.15, -0.1) is 0 Å². The lowest BCUT2D eigenvalue weighted by atomic mass is 9.71. The molecule has 2 atom stereocenters. The highest BCUT2D eigenvalue weighted by Crippen LogP contribution is 2.36. The topological polar surface area (TPSA) is 73.6 Å². The monoisotopic (exact) mass is 351 g/mol. The quantitative estimate of drug-likeness (QED) is 0.798. The van der Waals surface area contributed by atoms with Crippen molar-refractivity contribution in [3.8, 4) is 0 Å². The highest BCUT2D eigenvalue weighted by atomic mass is 16.6. The number of hydrogen-bond donors (Lipinski definition) is 1. The molecule has 1 N–H and O–H groups in total. The molecule has 0 spiro atoms. The number of ether oxygens (including phenoxy) is 1. The zero-order valence-electron chi connectivity index (χ0n) is 17.0. The van der Waals surface area contributed by atoms with Crippen LogP contribution in [0.1, 0.15) is 62.3 Å². The minimum atomic E-state index is -1.05. The maximum Gasteiger partial charge on any atom is 0.435 e. The van der Waals surface area contributed by atoms with E-state index in [1.54, 1.807) is 40.8 Å². The molecule has 1 aromatic heterocycles. The van der Waals surface area contributed by atoms with E-state index in [-0.39, 0.29) is 5.92 Å². The number of aliphatic hydroxyl groups is 1. The Balaban J connectivity index is 2.87. The minimum absolute atomic E-state index is 0.102. The third-order valence-corrected chi connectivity index (χ3v) is 4.71. The van der Waals surface area contributed by atoms with Gasteiger partial charge in [-0.25, -0.2) is 4.79 Å². The molecule has 7 heteroatoms. The highest BCUT2D eigenvalue weighted by molar-refractivity contribution is 6.46. The highest BCUT2D eigenvalue weighted by Gasteiger charge is 2.45. The van der Waals surface area contributed by atoms with Crippen LogP contribution in [0.2, 0.25) is 0 Å². The average molecular weight is 351 g/mol. The second kappa shape index (κ2) is 7.50. The molecule has 0 saturated heterocycles. The van der Waals surface area contributed by atoms with Gasteiger partial charge in [0, 0.05) is 12.4 Å². The molecule has 25 heavy (non-hydrogen) atoms. The van der Waals surface area contributed by atoms with Crippen LogP contribution in [-0.4, -0.2) is 45.3 Å². The van der Waals surface area contributed by atoms with Crippen LogP contribution in [0.15, 0.2) is 12.4 Å². The van der Waals surface area contributed by atoms with Gasteiger partial charge in [0.1, 0.15) is 5.60 Å². The van der Waals surface area contributed by atoms with Crippen molar-refractivity contribution in [3.63, 3.8) is 0 Å². The van der Waals surface area contributed by atoms with Crippen LogP contribution >= 0.6 is 0 Å². The van der Waals surface area contributed by atoms with Crippen molar-refractivity contribution >= 4 is 19.0 Å². The normalized spacial score (nSPS) is 16.4. The van der Waals surface area contributed by atoms with Gasteiger partial charge >= 0.3 is 13.6 Å². The van der Waals surface area contributed by atoms with Gasteiger partial charge in [0.2, 0.25) is 0 Å².